The van der Waals surface area contributed by atoms with E-state index in [2.05, 4.69) is 0 Å². The summed E-state index contributed by atoms with van der Waals surface area (Å²) in [5.41, 5.74) is 0. The van der Waals surface area contributed by atoms with Gasteiger partial charge in [0.1, 0.15) is 0 Å². The normalized spacial score (nSPS) is 13.6. The molecule has 0 fully saturated rings. The van der Waals surface area contributed by atoms with Gasteiger partial charge in [-0.2, -0.15) is 0 Å². The molecule has 0 spiro atoms. The van der Waals surface area contributed by atoms with Crippen LogP contribution in [0.15, 0.2) is 0 Å². The number of carbonyl (C=O) groups is 2. The maximum absolute atomic E-state index is 10.4. The van der Waals surface area contributed by atoms with Gasteiger partial charge >= 0.3 is 11.9 Å². The first kappa shape index (κ1) is 18.2. The minimum Gasteiger partial charge on any atom is -0.481 e. The number of rotatable bonds is 8. The molecule has 0 aromatic carbocycles. The Morgan fingerprint density at radius 3 is 1.50 bits per heavy atom. The Morgan fingerprint density at radius 1 is 0.938 bits per heavy atom. The molecule has 0 radical (unpaired) electrons. The van der Waals surface area contributed by atoms with Crippen LogP contribution in [0.5, 0.6) is 0 Å². The number of carboxylic acids is 2. The van der Waals surface area contributed by atoms with Crippen molar-refractivity contribution >= 4 is 11.9 Å². The van der Waals surface area contributed by atoms with Crippen LogP contribution in [0, 0.1) is 11.8 Å². The molecular formula is C11H20CdO4. The zero-order chi connectivity index (χ0) is 11.8. The number of hydrogen-bond acceptors (Lipinski definition) is 2. The van der Waals surface area contributed by atoms with Crippen molar-refractivity contribution in [2.45, 2.75) is 46.0 Å². The smallest absolute Gasteiger partial charge is 0.303 e. The van der Waals surface area contributed by atoms with Crippen LogP contribution in [0.2, 0.25) is 0 Å². The van der Waals surface area contributed by atoms with Crippen molar-refractivity contribution in [3.05, 3.63) is 0 Å². The topological polar surface area (TPSA) is 74.6 Å². The molecule has 2 N–H and O–H groups in total. The fourth-order valence-electron chi connectivity index (χ4n) is 1.62. The van der Waals surface area contributed by atoms with E-state index in [4.69, 9.17) is 10.2 Å². The molecule has 0 rings (SSSR count). The standard InChI is InChI=1S/C11H20O4.Cd/c1-8(6-10(12)13)4-3-5-9(2)7-11(14)15;/h8-9H,3-7H2,1-2H3,(H,12,13)(H,14,15);. The summed E-state index contributed by atoms with van der Waals surface area (Å²) in [4.78, 5) is 20.7. The Balaban J connectivity index is 0. The van der Waals surface area contributed by atoms with Crippen LogP contribution in [0.1, 0.15) is 46.0 Å². The molecule has 2 atom stereocenters. The summed E-state index contributed by atoms with van der Waals surface area (Å²) in [7, 11) is 0. The van der Waals surface area contributed by atoms with E-state index in [0.29, 0.717) is 0 Å². The largest absolute Gasteiger partial charge is 0.481 e. The average Bonchev–Trinajstić information content (AvgIpc) is 2.00. The second-order valence-electron chi connectivity index (χ2n) is 4.34. The molecule has 0 amide bonds. The van der Waals surface area contributed by atoms with Gasteiger partial charge in [-0.3, -0.25) is 9.59 Å². The Hall–Kier alpha value is -0.138. The van der Waals surface area contributed by atoms with Gasteiger partial charge in [0, 0.05) is 40.1 Å². The summed E-state index contributed by atoms with van der Waals surface area (Å²) in [5.74, 6) is -1.17. The molecule has 16 heavy (non-hydrogen) atoms. The van der Waals surface area contributed by atoms with E-state index in [-0.39, 0.29) is 52.0 Å². The summed E-state index contributed by atoms with van der Waals surface area (Å²) < 4.78 is 0. The van der Waals surface area contributed by atoms with E-state index in [9.17, 15) is 9.59 Å². The molecular weight excluding hydrogens is 309 g/mol. The monoisotopic (exact) mass is 330 g/mol. The quantitative estimate of drug-likeness (QED) is 0.671. The van der Waals surface area contributed by atoms with Crippen LogP contribution in [-0.4, -0.2) is 22.2 Å². The van der Waals surface area contributed by atoms with E-state index in [1.54, 1.807) is 0 Å². The zero-order valence-corrected chi connectivity index (χ0v) is 14.1. The van der Waals surface area contributed by atoms with Crippen LogP contribution in [0.4, 0.5) is 0 Å². The molecule has 0 bridgehead atoms. The predicted molar refractivity (Wildman–Crippen MR) is 56.7 cm³/mol. The predicted octanol–water partition coefficient (Wildman–Crippen LogP) is 2.38. The summed E-state index contributed by atoms with van der Waals surface area (Å²) in [6.07, 6.45) is 3.02. The minimum absolute atomic E-state index is 0. The Kier molecular flexibility index (Phi) is 11.4. The third kappa shape index (κ3) is 11.9. The van der Waals surface area contributed by atoms with Crippen LogP contribution in [0.25, 0.3) is 0 Å². The van der Waals surface area contributed by atoms with Gasteiger partial charge in [-0.25, -0.2) is 0 Å². The van der Waals surface area contributed by atoms with E-state index in [0.717, 1.165) is 19.3 Å². The van der Waals surface area contributed by atoms with Crippen molar-refractivity contribution in [1.29, 1.82) is 0 Å². The average molecular weight is 329 g/mol. The van der Waals surface area contributed by atoms with Crippen molar-refractivity contribution in [2.24, 2.45) is 11.8 Å². The summed E-state index contributed by atoms with van der Waals surface area (Å²) in [6, 6.07) is 0. The van der Waals surface area contributed by atoms with Crippen LogP contribution in [-0.2, 0) is 36.9 Å². The van der Waals surface area contributed by atoms with E-state index in [1.165, 1.54) is 0 Å². The molecule has 0 aliphatic carbocycles. The molecule has 0 aliphatic heterocycles. The molecule has 0 aromatic heterocycles. The van der Waals surface area contributed by atoms with E-state index < -0.39 is 11.9 Å². The van der Waals surface area contributed by atoms with Crippen LogP contribution in [0.3, 0.4) is 0 Å². The van der Waals surface area contributed by atoms with Crippen molar-refractivity contribution < 1.29 is 47.1 Å². The molecule has 90 valence electrons. The number of aliphatic carboxylic acids is 2. The number of carboxylic acid groups (broad SMARTS) is 2. The molecule has 0 saturated heterocycles. The van der Waals surface area contributed by atoms with Gasteiger partial charge in [0.05, 0.1) is 0 Å². The molecule has 2 unspecified atom stereocenters. The second-order valence-corrected chi connectivity index (χ2v) is 4.34. The fourth-order valence-corrected chi connectivity index (χ4v) is 1.62. The van der Waals surface area contributed by atoms with Crippen molar-refractivity contribution in [3.63, 3.8) is 0 Å². The molecule has 5 heteroatoms. The van der Waals surface area contributed by atoms with Gasteiger partial charge in [0.25, 0.3) is 0 Å². The first-order valence-corrected chi connectivity index (χ1v) is 5.35. The first-order valence-electron chi connectivity index (χ1n) is 5.35. The van der Waals surface area contributed by atoms with Gasteiger partial charge < -0.3 is 10.2 Å². The molecule has 0 aromatic rings. The van der Waals surface area contributed by atoms with E-state index in [1.807, 2.05) is 13.8 Å². The summed E-state index contributed by atoms with van der Waals surface area (Å²) in [6.45, 7) is 3.83. The Labute approximate surface area is 117 Å². The third-order valence-electron chi connectivity index (χ3n) is 2.44. The SMILES string of the molecule is CC(CCCC(C)CC(=O)O)CC(=O)O.[Cd]. The van der Waals surface area contributed by atoms with Gasteiger partial charge in [-0.15, -0.1) is 0 Å². The molecule has 0 heterocycles. The van der Waals surface area contributed by atoms with Crippen LogP contribution >= 0.6 is 0 Å². The Bertz CT molecular complexity index is 196. The zero-order valence-electron chi connectivity index (χ0n) is 10.1. The third-order valence-corrected chi connectivity index (χ3v) is 2.44. The van der Waals surface area contributed by atoms with Crippen LogP contribution < -0.4 is 0 Å². The summed E-state index contributed by atoms with van der Waals surface area (Å²) >= 11 is 0. The van der Waals surface area contributed by atoms with Gasteiger partial charge in [0.15, 0.2) is 0 Å². The van der Waals surface area contributed by atoms with Gasteiger partial charge in [-0.1, -0.05) is 33.1 Å². The van der Waals surface area contributed by atoms with E-state index >= 15 is 0 Å². The minimum atomic E-state index is -0.763. The van der Waals surface area contributed by atoms with Gasteiger partial charge in [-0.05, 0) is 11.8 Å². The Morgan fingerprint density at radius 2 is 1.25 bits per heavy atom. The summed E-state index contributed by atoms with van der Waals surface area (Å²) in [5, 5.41) is 17.1. The maximum Gasteiger partial charge on any atom is 0.303 e. The van der Waals surface area contributed by atoms with Gasteiger partial charge in [0.2, 0.25) is 0 Å². The van der Waals surface area contributed by atoms with Crippen molar-refractivity contribution in [1.82, 2.24) is 0 Å². The second kappa shape index (κ2) is 10.0. The molecule has 4 nitrogen and oxygen atoms in total. The maximum atomic E-state index is 10.4. The number of hydrogen-bond donors (Lipinski definition) is 2. The first-order chi connectivity index (χ1) is 6.91. The van der Waals surface area contributed by atoms with Crippen molar-refractivity contribution in [3.8, 4) is 0 Å². The fraction of sp³-hybridized carbons (Fsp3) is 0.818. The molecule has 0 aliphatic rings. The molecule has 0 saturated carbocycles. The van der Waals surface area contributed by atoms with Crippen molar-refractivity contribution in [2.75, 3.05) is 0 Å².